The Labute approximate surface area is 106 Å². The third kappa shape index (κ3) is 2.38. The SMILES string of the molecule is CN1CCCn2nc(C=NC3CC3)c(Cl)c2C1. The molecule has 0 saturated heterocycles. The second kappa shape index (κ2) is 4.42. The summed E-state index contributed by atoms with van der Waals surface area (Å²) in [6.07, 6.45) is 5.40. The van der Waals surface area contributed by atoms with Gasteiger partial charge in [-0.25, -0.2) is 0 Å². The summed E-state index contributed by atoms with van der Waals surface area (Å²) in [6, 6.07) is 0.523. The molecule has 2 heterocycles. The molecule has 1 saturated carbocycles. The van der Waals surface area contributed by atoms with Gasteiger partial charge in [0, 0.05) is 19.6 Å². The molecule has 0 bridgehead atoms. The summed E-state index contributed by atoms with van der Waals surface area (Å²) < 4.78 is 2.04. The van der Waals surface area contributed by atoms with Crippen molar-refractivity contribution >= 4 is 17.8 Å². The van der Waals surface area contributed by atoms with Crippen LogP contribution in [0.25, 0.3) is 0 Å². The molecule has 3 rings (SSSR count). The molecule has 0 unspecified atom stereocenters. The van der Waals surface area contributed by atoms with Crippen molar-refractivity contribution in [3.05, 3.63) is 16.4 Å². The van der Waals surface area contributed by atoms with E-state index in [4.69, 9.17) is 11.6 Å². The fourth-order valence-corrected chi connectivity index (χ4v) is 2.38. The Hall–Kier alpha value is -0.870. The summed E-state index contributed by atoms with van der Waals surface area (Å²) in [5.74, 6) is 0. The lowest BCUT2D eigenvalue weighted by Crippen LogP contribution is -2.17. The van der Waals surface area contributed by atoms with E-state index in [1.165, 1.54) is 12.8 Å². The van der Waals surface area contributed by atoms with Gasteiger partial charge in [-0.3, -0.25) is 9.67 Å². The molecule has 1 fully saturated rings. The van der Waals surface area contributed by atoms with Crippen LogP contribution >= 0.6 is 11.6 Å². The Bertz CT molecular complexity index is 448. The number of hydrogen-bond acceptors (Lipinski definition) is 3. The minimum Gasteiger partial charge on any atom is -0.300 e. The number of aliphatic imine (C=N–C) groups is 1. The summed E-state index contributed by atoms with van der Waals surface area (Å²) in [6.45, 7) is 2.94. The molecule has 0 N–H and O–H groups in total. The van der Waals surface area contributed by atoms with Gasteiger partial charge in [0.2, 0.25) is 0 Å². The summed E-state index contributed by atoms with van der Waals surface area (Å²) >= 11 is 6.38. The average molecular weight is 253 g/mol. The van der Waals surface area contributed by atoms with Crippen molar-refractivity contribution in [2.45, 2.75) is 38.4 Å². The molecule has 2 aliphatic rings. The highest BCUT2D eigenvalue weighted by Gasteiger charge is 2.21. The number of halogens is 1. The van der Waals surface area contributed by atoms with E-state index in [1.807, 2.05) is 10.9 Å². The van der Waals surface area contributed by atoms with E-state index in [1.54, 1.807) is 0 Å². The van der Waals surface area contributed by atoms with Crippen molar-refractivity contribution in [3.63, 3.8) is 0 Å². The van der Waals surface area contributed by atoms with Crippen LogP contribution in [0.5, 0.6) is 0 Å². The van der Waals surface area contributed by atoms with Crippen molar-refractivity contribution in [2.24, 2.45) is 4.99 Å². The highest BCUT2D eigenvalue weighted by Crippen LogP contribution is 2.26. The fourth-order valence-electron chi connectivity index (χ4n) is 2.14. The monoisotopic (exact) mass is 252 g/mol. The first-order chi connectivity index (χ1) is 8.24. The predicted molar refractivity (Wildman–Crippen MR) is 68.8 cm³/mol. The lowest BCUT2D eigenvalue weighted by Gasteiger charge is -2.11. The fraction of sp³-hybridized carbons (Fsp3) is 0.667. The van der Waals surface area contributed by atoms with Crippen molar-refractivity contribution in [2.75, 3.05) is 13.6 Å². The number of rotatable bonds is 2. The maximum atomic E-state index is 6.38. The molecule has 0 atom stereocenters. The van der Waals surface area contributed by atoms with Gasteiger partial charge in [-0.1, -0.05) is 11.6 Å². The van der Waals surface area contributed by atoms with Gasteiger partial charge in [0.1, 0.15) is 5.69 Å². The van der Waals surface area contributed by atoms with E-state index in [-0.39, 0.29) is 0 Å². The number of hydrogen-bond donors (Lipinski definition) is 0. The predicted octanol–water partition coefficient (Wildman–Crippen LogP) is 1.95. The number of fused-ring (bicyclic) bond motifs is 1. The summed E-state index contributed by atoms with van der Waals surface area (Å²) in [5, 5.41) is 5.33. The van der Waals surface area contributed by atoms with Gasteiger partial charge in [0.05, 0.1) is 23.0 Å². The summed E-state index contributed by atoms with van der Waals surface area (Å²) in [5.41, 5.74) is 1.97. The van der Waals surface area contributed by atoms with E-state index < -0.39 is 0 Å². The maximum absolute atomic E-state index is 6.38. The van der Waals surface area contributed by atoms with Gasteiger partial charge in [0.15, 0.2) is 0 Å². The van der Waals surface area contributed by atoms with Crippen molar-refractivity contribution < 1.29 is 0 Å². The van der Waals surface area contributed by atoms with Crippen LogP contribution in [0.3, 0.4) is 0 Å². The van der Waals surface area contributed by atoms with Gasteiger partial charge < -0.3 is 4.90 Å². The molecule has 5 heteroatoms. The zero-order chi connectivity index (χ0) is 11.8. The Morgan fingerprint density at radius 3 is 3.00 bits per heavy atom. The first-order valence-corrected chi connectivity index (χ1v) is 6.59. The molecule has 1 aliphatic carbocycles. The molecule has 0 spiro atoms. The third-order valence-electron chi connectivity index (χ3n) is 3.30. The van der Waals surface area contributed by atoms with E-state index in [0.29, 0.717) is 6.04 Å². The molecule has 0 radical (unpaired) electrons. The topological polar surface area (TPSA) is 33.4 Å². The summed E-state index contributed by atoms with van der Waals surface area (Å²) in [4.78, 5) is 6.74. The zero-order valence-corrected chi connectivity index (χ0v) is 10.8. The van der Waals surface area contributed by atoms with Crippen molar-refractivity contribution in [3.8, 4) is 0 Å². The van der Waals surface area contributed by atoms with Crippen molar-refractivity contribution in [1.29, 1.82) is 0 Å². The normalized spacial score (nSPS) is 21.8. The molecule has 0 aromatic carbocycles. The minimum atomic E-state index is 0.523. The molecular formula is C12H17ClN4. The third-order valence-corrected chi connectivity index (χ3v) is 3.71. The molecule has 0 amide bonds. The van der Waals surface area contributed by atoms with Gasteiger partial charge >= 0.3 is 0 Å². The standard InChI is InChI=1S/C12H17ClN4/c1-16-5-2-6-17-11(8-16)12(13)10(15-17)7-14-9-3-4-9/h7,9H,2-6,8H2,1H3. The Kier molecular flexibility index (Phi) is 2.92. The zero-order valence-electron chi connectivity index (χ0n) is 10.1. The Morgan fingerprint density at radius 2 is 2.24 bits per heavy atom. The first-order valence-electron chi connectivity index (χ1n) is 6.21. The van der Waals surface area contributed by atoms with Gasteiger partial charge in [-0.05, 0) is 26.3 Å². The number of aromatic nitrogens is 2. The quantitative estimate of drug-likeness (QED) is 0.754. The van der Waals surface area contributed by atoms with Crippen molar-refractivity contribution in [1.82, 2.24) is 14.7 Å². The Balaban J connectivity index is 1.88. The van der Waals surface area contributed by atoms with Gasteiger partial charge in [0.25, 0.3) is 0 Å². The highest BCUT2D eigenvalue weighted by molar-refractivity contribution is 6.33. The van der Waals surface area contributed by atoms with Gasteiger partial charge in [-0.15, -0.1) is 0 Å². The molecule has 1 aromatic heterocycles. The molecule has 4 nitrogen and oxygen atoms in total. The minimum absolute atomic E-state index is 0.523. The van der Waals surface area contributed by atoms with E-state index in [0.717, 1.165) is 42.5 Å². The van der Waals surface area contributed by atoms with Crippen LogP contribution < -0.4 is 0 Å². The van der Waals surface area contributed by atoms with Crippen LogP contribution in [-0.2, 0) is 13.1 Å². The molecule has 1 aliphatic heterocycles. The molecule has 1 aromatic rings. The van der Waals surface area contributed by atoms with E-state index in [2.05, 4.69) is 22.0 Å². The molecule has 17 heavy (non-hydrogen) atoms. The lowest BCUT2D eigenvalue weighted by molar-refractivity contribution is 0.332. The molecular weight excluding hydrogens is 236 g/mol. The smallest absolute Gasteiger partial charge is 0.122 e. The highest BCUT2D eigenvalue weighted by atomic mass is 35.5. The van der Waals surface area contributed by atoms with Crippen LogP contribution in [0.2, 0.25) is 5.02 Å². The van der Waals surface area contributed by atoms with E-state index >= 15 is 0 Å². The van der Waals surface area contributed by atoms with Crippen LogP contribution in [0.1, 0.15) is 30.7 Å². The Morgan fingerprint density at radius 1 is 1.41 bits per heavy atom. The van der Waals surface area contributed by atoms with Crippen LogP contribution in [0, 0.1) is 0 Å². The van der Waals surface area contributed by atoms with Gasteiger partial charge in [-0.2, -0.15) is 5.10 Å². The molecule has 92 valence electrons. The lowest BCUT2D eigenvalue weighted by atomic mass is 10.3. The number of aryl methyl sites for hydroxylation is 1. The first kappa shape index (κ1) is 11.2. The summed E-state index contributed by atoms with van der Waals surface area (Å²) in [7, 11) is 2.12. The van der Waals surface area contributed by atoms with Crippen LogP contribution in [-0.4, -0.2) is 40.5 Å². The van der Waals surface area contributed by atoms with Crippen LogP contribution in [0.4, 0.5) is 0 Å². The second-order valence-electron chi connectivity index (χ2n) is 4.97. The largest absolute Gasteiger partial charge is 0.300 e. The number of nitrogens with zero attached hydrogens (tertiary/aromatic N) is 4. The van der Waals surface area contributed by atoms with E-state index in [9.17, 15) is 0 Å². The van der Waals surface area contributed by atoms with Crippen LogP contribution in [0.15, 0.2) is 4.99 Å². The maximum Gasteiger partial charge on any atom is 0.122 e. The second-order valence-corrected chi connectivity index (χ2v) is 5.35. The average Bonchev–Trinajstić information content (AvgIpc) is 3.09.